The Morgan fingerprint density at radius 1 is 0.944 bits per heavy atom. The molecule has 0 unspecified atom stereocenters. The van der Waals surface area contributed by atoms with Gasteiger partial charge in [-0.05, 0) is 54.1 Å². The highest BCUT2D eigenvalue weighted by molar-refractivity contribution is 7.92. The van der Waals surface area contributed by atoms with Crippen molar-refractivity contribution in [3.05, 3.63) is 83.9 Å². The number of nitrogens with one attached hydrogen (secondary N) is 1. The summed E-state index contributed by atoms with van der Waals surface area (Å²) in [5.41, 5.74) is 3.50. The summed E-state index contributed by atoms with van der Waals surface area (Å²) in [5, 5.41) is 3.88. The molecule has 0 aliphatic heterocycles. The quantitative estimate of drug-likeness (QED) is 0.192. The summed E-state index contributed by atoms with van der Waals surface area (Å²) in [5.74, 6) is -0.148. The fraction of sp³-hybridized carbons (Fsp3) is 0.160. The molecule has 0 aliphatic carbocycles. The van der Waals surface area contributed by atoms with E-state index in [-0.39, 0.29) is 11.4 Å². The van der Waals surface area contributed by atoms with Gasteiger partial charge in [-0.3, -0.25) is 9.10 Å². The molecule has 0 atom stereocenters. The highest BCUT2D eigenvalue weighted by atomic mass is 32.2. The number of benzene rings is 3. The van der Waals surface area contributed by atoms with Crippen molar-refractivity contribution in [1.29, 1.82) is 0 Å². The Bertz CT molecular complexity index is 1340. The molecular weight excluding hydrogens is 486 g/mol. The first-order valence-corrected chi connectivity index (χ1v) is 12.4. The summed E-state index contributed by atoms with van der Waals surface area (Å²) < 4.78 is 41.4. The third-order valence-corrected chi connectivity index (χ3v) is 5.97. The third-order valence-electron chi connectivity index (χ3n) is 4.85. The SMILES string of the molecule is COc1ccc(OC)c(N(CC(=O)N/N=C\c2ccc(OC(=O)c3ccccc3)cc2)S(C)(=O)=O)c1. The molecule has 0 heterocycles. The van der Waals surface area contributed by atoms with Crippen molar-refractivity contribution in [1.82, 2.24) is 5.43 Å². The molecule has 0 bridgehead atoms. The number of amides is 1. The van der Waals surface area contributed by atoms with E-state index in [9.17, 15) is 18.0 Å². The molecule has 3 aromatic rings. The number of rotatable bonds is 10. The van der Waals surface area contributed by atoms with Gasteiger partial charge in [-0.2, -0.15) is 5.10 Å². The zero-order valence-corrected chi connectivity index (χ0v) is 20.7. The number of hydrogen-bond donors (Lipinski definition) is 1. The zero-order chi connectivity index (χ0) is 26.1. The minimum atomic E-state index is -3.84. The molecule has 0 spiro atoms. The van der Waals surface area contributed by atoms with E-state index >= 15 is 0 Å². The highest BCUT2D eigenvalue weighted by Crippen LogP contribution is 2.33. The summed E-state index contributed by atoms with van der Waals surface area (Å²) in [6.45, 7) is -0.534. The molecule has 0 saturated carbocycles. The Morgan fingerprint density at radius 3 is 2.22 bits per heavy atom. The van der Waals surface area contributed by atoms with Crippen molar-refractivity contribution in [2.24, 2.45) is 5.10 Å². The van der Waals surface area contributed by atoms with Crippen LogP contribution in [0.15, 0.2) is 77.9 Å². The van der Waals surface area contributed by atoms with Gasteiger partial charge in [0.15, 0.2) is 0 Å². The van der Waals surface area contributed by atoms with Crippen LogP contribution in [0, 0.1) is 0 Å². The average Bonchev–Trinajstić information content (AvgIpc) is 2.87. The lowest BCUT2D eigenvalue weighted by Crippen LogP contribution is -2.39. The number of anilines is 1. The molecule has 1 N–H and O–H groups in total. The van der Waals surface area contributed by atoms with Crippen LogP contribution in [0.25, 0.3) is 0 Å². The summed E-state index contributed by atoms with van der Waals surface area (Å²) in [7, 11) is -1.00. The Morgan fingerprint density at radius 2 is 1.61 bits per heavy atom. The smallest absolute Gasteiger partial charge is 0.343 e. The number of nitrogens with zero attached hydrogens (tertiary/aromatic N) is 2. The molecule has 3 aromatic carbocycles. The first kappa shape index (κ1) is 26.2. The van der Waals surface area contributed by atoms with Gasteiger partial charge < -0.3 is 14.2 Å². The van der Waals surface area contributed by atoms with Gasteiger partial charge in [0.25, 0.3) is 5.91 Å². The molecule has 0 aliphatic rings. The highest BCUT2D eigenvalue weighted by Gasteiger charge is 2.24. The van der Waals surface area contributed by atoms with Crippen LogP contribution in [-0.4, -0.2) is 53.5 Å². The average molecular weight is 512 g/mol. The van der Waals surface area contributed by atoms with E-state index in [2.05, 4.69) is 10.5 Å². The van der Waals surface area contributed by atoms with E-state index in [1.807, 2.05) is 0 Å². The lowest BCUT2D eigenvalue weighted by molar-refractivity contribution is -0.119. The second-order valence-electron chi connectivity index (χ2n) is 7.43. The maximum absolute atomic E-state index is 12.5. The van der Waals surface area contributed by atoms with Gasteiger partial charge in [-0.25, -0.2) is 18.6 Å². The van der Waals surface area contributed by atoms with Gasteiger partial charge in [-0.1, -0.05) is 18.2 Å². The monoisotopic (exact) mass is 511 g/mol. The van der Waals surface area contributed by atoms with Gasteiger partial charge in [-0.15, -0.1) is 0 Å². The van der Waals surface area contributed by atoms with Gasteiger partial charge in [0.1, 0.15) is 23.8 Å². The summed E-state index contributed by atoms with van der Waals surface area (Å²) >= 11 is 0. The number of esters is 1. The molecule has 1 amide bonds. The Balaban J connectivity index is 1.63. The molecule has 0 radical (unpaired) electrons. The van der Waals surface area contributed by atoms with Crippen LogP contribution >= 0.6 is 0 Å². The minimum absolute atomic E-state index is 0.152. The molecular formula is C25H25N3O7S. The lowest BCUT2D eigenvalue weighted by Gasteiger charge is -2.23. The maximum atomic E-state index is 12.5. The molecule has 0 fully saturated rings. The molecule has 0 aromatic heterocycles. The van der Waals surface area contributed by atoms with Crippen LogP contribution in [0.3, 0.4) is 0 Å². The first-order valence-electron chi connectivity index (χ1n) is 10.6. The first-order chi connectivity index (χ1) is 17.2. The van der Waals surface area contributed by atoms with Crippen LogP contribution in [0.1, 0.15) is 15.9 Å². The van der Waals surface area contributed by atoms with E-state index in [1.54, 1.807) is 66.7 Å². The lowest BCUT2D eigenvalue weighted by atomic mass is 10.2. The van der Waals surface area contributed by atoms with Gasteiger partial charge in [0.05, 0.1) is 37.9 Å². The number of hydrazone groups is 1. The number of methoxy groups -OCH3 is 2. The number of sulfonamides is 1. The summed E-state index contributed by atoms with van der Waals surface area (Å²) in [6, 6.07) is 19.7. The second kappa shape index (κ2) is 11.8. The second-order valence-corrected chi connectivity index (χ2v) is 9.33. The van der Waals surface area contributed by atoms with Crippen molar-refractivity contribution in [2.75, 3.05) is 31.3 Å². The number of ether oxygens (including phenoxy) is 3. The van der Waals surface area contributed by atoms with E-state index < -0.39 is 28.4 Å². The fourth-order valence-corrected chi connectivity index (χ4v) is 3.93. The Hall–Kier alpha value is -4.38. The van der Waals surface area contributed by atoms with Gasteiger partial charge >= 0.3 is 5.97 Å². The van der Waals surface area contributed by atoms with Crippen LogP contribution in [0.4, 0.5) is 5.69 Å². The third kappa shape index (κ3) is 7.06. The van der Waals surface area contributed by atoms with Crippen LogP contribution in [0.2, 0.25) is 0 Å². The predicted molar refractivity (Wildman–Crippen MR) is 135 cm³/mol. The van der Waals surface area contributed by atoms with Crippen molar-refractivity contribution >= 4 is 33.8 Å². The number of carbonyl (C=O) groups excluding carboxylic acids is 2. The van der Waals surface area contributed by atoms with Crippen molar-refractivity contribution in [3.63, 3.8) is 0 Å². The molecule has 188 valence electrons. The topological polar surface area (TPSA) is 124 Å². The number of carbonyl (C=O) groups is 2. The summed E-state index contributed by atoms with van der Waals surface area (Å²) in [4.78, 5) is 24.6. The van der Waals surface area contributed by atoms with Crippen molar-refractivity contribution in [2.45, 2.75) is 0 Å². The van der Waals surface area contributed by atoms with E-state index in [0.717, 1.165) is 10.6 Å². The molecule has 0 saturated heterocycles. The molecule has 3 rings (SSSR count). The molecule has 11 heteroatoms. The van der Waals surface area contributed by atoms with Gasteiger partial charge in [0.2, 0.25) is 10.0 Å². The van der Waals surface area contributed by atoms with Crippen LogP contribution in [-0.2, 0) is 14.8 Å². The predicted octanol–water partition coefficient (Wildman–Crippen LogP) is 2.84. The largest absolute Gasteiger partial charge is 0.497 e. The summed E-state index contributed by atoms with van der Waals surface area (Å²) in [6.07, 6.45) is 2.35. The van der Waals surface area contributed by atoms with E-state index in [0.29, 0.717) is 22.6 Å². The maximum Gasteiger partial charge on any atom is 0.343 e. The van der Waals surface area contributed by atoms with Crippen LogP contribution < -0.4 is 23.9 Å². The van der Waals surface area contributed by atoms with E-state index in [1.165, 1.54) is 26.5 Å². The molecule has 10 nitrogen and oxygen atoms in total. The standard InChI is InChI=1S/C25H25N3O7S/c1-33-21-13-14-23(34-2)22(15-21)28(36(3,31)32)17-24(29)27-26-16-18-9-11-20(12-10-18)35-25(30)19-7-5-4-6-8-19/h4-16H,17H2,1-3H3,(H,27,29)/b26-16-. The minimum Gasteiger partial charge on any atom is -0.497 e. The Kier molecular flexibility index (Phi) is 8.63. The van der Waals surface area contributed by atoms with Crippen molar-refractivity contribution in [3.8, 4) is 17.2 Å². The van der Waals surface area contributed by atoms with Gasteiger partial charge in [0, 0.05) is 6.07 Å². The Labute approximate surface area is 209 Å². The molecule has 36 heavy (non-hydrogen) atoms. The van der Waals surface area contributed by atoms with E-state index in [4.69, 9.17) is 14.2 Å². The fourth-order valence-electron chi connectivity index (χ4n) is 3.08. The van der Waals surface area contributed by atoms with Crippen LogP contribution in [0.5, 0.6) is 17.2 Å². The normalized spacial score (nSPS) is 11.1. The number of hydrogen-bond acceptors (Lipinski definition) is 8. The van der Waals surface area contributed by atoms with Crippen molar-refractivity contribution < 1.29 is 32.2 Å². The zero-order valence-electron chi connectivity index (χ0n) is 19.9.